The molecule has 0 rings (SSSR count). The third-order valence-corrected chi connectivity index (χ3v) is 2.86. The summed E-state index contributed by atoms with van der Waals surface area (Å²) in [5.74, 6) is 1.76. The van der Waals surface area contributed by atoms with Crippen molar-refractivity contribution in [3.8, 4) is 0 Å². The van der Waals surface area contributed by atoms with Crippen LogP contribution < -0.4 is 11.5 Å². The molecule has 0 amide bonds. The van der Waals surface area contributed by atoms with Crippen LogP contribution in [0, 0.1) is 0 Å². The Hall–Kier alpha value is 0.540. The molecule has 0 saturated carbocycles. The van der Waals surface area contributed by atoms with Gasteiger partial charge >= 0.3 is 0 Å². The second-order valence-corrected chi connectivity index (χ2v) is 4.60. The summed E-state index contributed by atoms with van der Waals surface area (Å²) in [5, 5.41) is 0. The van der Waals surface area contributed by atoms with Gasteiger partial charge in [-0.2, -0.15) is 25.3 Å². The standard InChI is InChI=1S/C10H26N4S2/c11-1-3-13(7-9-15)5-6-14(4-2-12)8-10-16/h15-16H,1-12H2. The van der Waals surface area contributed by atoms with E-state index in [1.165, 1.54) is 0 Å². The predicted molar refractivity (Wildman–Crippen MR) is 78.7 cm³/mol. The van der Waals surface area contributed by atoms with Gasteiger partial charge < -0.3 is 21.3 Å². The van der Waals surface area contributed by atoms with E-state index in [9.17, 15) is 0 Å². The molecule has 0 aromatic heterocycles. The fourth-order valence-electron chi connectivity index (χ4n) is 1.60. The van der Waals surface area contributed by atoms with Crippen molar-refractivity contribution in [2.45, 2.75) is 0 Å². The van der Waals surface area contributed by atoms with Gasteiger partial charge in [0.15, 0.2) is 0 Å². The molecule has 0 heterocycles. The average Bonchev–Trinajstić information content (AvgIpc) is 2.27. The highest BCUT2D eigenvalue weighted by molar-refractivity contribution is 7.80. The molecule has 16 heavy (non-hydrogen) atoms. The summed E-state index contributed by atoms with van der Waals surface area (Å²) in [6.07, 6.45) is 0. The molecule has 0 aliphatic carbocycles. The summed E-state index contributed by atoms with van der Waals surface area (Å²) in [7, 11) is 0. The normalized spacial score (nSPS) is 11.6. The van der Waals surface area contributed by atoms with E-state index in [1.54, 1.807) is 0 Å². The zero-order valence-corrected chi connectivity index (χ0v) is 11.8. The Balaban J connectivity index is 3.83. The molecule has 98 valence electrons. The number of hydrogen-bond donors (Lipinski definition) is 4. The molecule has 0 atom stereocenters. The molecule has 0 radical (unpaired) electrons. The monoisotopic (exact) mass is 266 g/mol. The van der Waals surface area contributed by atoms with Crippen LogP contribution in [0.4, 0.5) is 0 Å². The Morgan fingerprint density at radius 2 is 1.00 bits per heavy atom. The van der Waals surface area contributed by atoms with Gasteiger partial charge in [-0.3, -0.25) is 0 Å². The van der Waals surface area contributed by atoms with Crippen molar-refractivity contribution in [2.24, 2.45) is 11.5 Å². The van der Waals surface area contributed by atoms with E-state index in [-0.39, 0.29) is 0 Å². The molecule has 6 heteroatoms. The Morgan fingerprint density at radius 1 is 0.625 bits per heavy atom. The Labute approximate surface area is 111 Å². The van der Waals surface area contributed by atoms with Gasteiger partial charge in [-0.1, -0.05) is 0 Å². The molecule has 0 bridgehead atoms. The van der Waals surface area contributed by atoms with Crippen molar-refractivity contribution in [3.63, 3.8) is 0 Å². The van der Waals surface area contributed by atoms with Crippen LogP contribution >= 0.6 is 25.3 Å². The van der Waals surface area contributed by atoms with Gasteiger partial charge in [0.25, 0.3) is 0 Å². The first-order valence-corrected chi connectivity index (χ1v) is 7.11. The molecule has 0 aromatic rings. The maximum absolute atomic E-state index is 5.57. The second-order valence-electron chi connectivity index (χ2n) is 3.71. The Kier molecular flexibility index (Phi) is 12.4. The van der Waals surface area contributed by atoms with Gasteiger partial charge in [0.1, 0.15) is 0 Å². The van der Waals surface area contributed by atoms with E-state index in [0.717, 1.165) is 50.8 Å². The zero-order chi connectivity index (χ0) is 12.2. The lowest BCUT2D eigenvalue weighted by Crippen LogP contribution is -2.40. The van der Waals surface area contributed by atoms with Crippen molar-refractivity contribution in [1.82, 2.24) is 9.80 Å². The van der Waals surface area contributed by atoms with Gasteiger partial charge in [-0.25, -0.2) is 0 Å². The molecule has 0 saturated heterocycles. The topological polar surface area (TPSA) is 58.5 Å². The van der Waals surface area contributed by atoms with E-state index >= 15 is 0 Å². The van der Waals surface area contributed by atoms with Gasteiger partial charge in [0, 0.05) is 63.9 Å². The molecular weight excluding hydrogens is 240 g/mol. The van der Waals surface area contributed by atoms with Crippen molar-refractivity contribution < 1.29 is 0 Å². The fourth-order valence-corrected chi connectivity index (χ4v) is 2.17. The van der Waals surface area contributed by atoms with E-state index in [4.69, 9.17) is 11.5 Å². The molecule has 4 N–H and O–H groups in total. The van der Waals surface area contributed by atoms with Crippen LogP contribution in [-0.4, -0.2) is 73.7 Å². The summed E-state index contributed by atoms with van der Waals surface area (Å²) in [6, 6.07) is 0. The third kappa shape index (κ3) is 8.66. The first-order chi connectivity index (χ1) is 7.78. The first kappa shape index (κ1) is 16.5. The minimum absolute atomic E-state index is 0.706. The van der Waals surface area contributed by atoms with Crippen molar-refractivity contribution in [2.75, 3.05) is 63.9 Å². The second kappa shape index (κ2) is 12.0. The van der Waals surface area contributed by atoms with Gasteiger partial charge in [0.2, 0.25) is 0 Å². The number of rotatable bonds is 11. The van der Waals surface area contributed by atoms with E-state index in [0.29, 0.717) is 13.1 Å². The highest BCUT2D eigenvalue weighted by Crippen LogP contribution is 1.94. The quantitative estimate of drug-likeness (QED) is 0.376. The summed E-state index contributed by atoms with van der Waals surface area (Å²) in [5.41, 5.74) is 11.1. The van der Waals surface area contributed by atoms with Crippen LogP contribution in [0.1, 0.15) is 0 Å². The Bertz CT molecular complexity index is 121. The Morgan fingerprint density at radius 3 is 1.25 bits per heavy atom. The molecule has 0 spiro atoms. The van der Waals surface area contributed by atoms with E-state index < -0.39 is 0 Å². The lowest BCUT2D eigenvalue weighted by atomic mass is 10.4. The lowest BCUT2D eigenvalue weighted by Gasteiger charge is -2.26. The summed E-state index contributed by atoms with van der Waals surface area (Å²) in [6.45, 7) is 7.36. The largest absolute Gasteiger partial charge is 0.329 e. The first-order valence-electron chi connectivity index (χ1n) is 5.85. The summed E-state index contributed by atoms with van der Waals surface area (Å²) in [4.78, 5) is 4.68. The van der Waals surface area contributed by atoms with Crippen LogP contribution in [-0.2, 0) is 0 Å². The van der Waals surface area contributed by atoms with Crippen LogP contribution in [0.25, 0.3) is 0 Å². The lowest BCUT2D eigenvalue weighted by molar-refractivity contribution is 0.223. The molecule has 4 nitrogen and oxygen atoms in total. The van der Waals surface area contributed by atoms with Gasteiger partial charge in [-0.05, 0) is 0 Å². The number of hydrogen-bond acceptors (Lipinski definition) is 6. The minimum Gasteiger partial charge on any atom is -0.329 e. The minimum atomic E-state index is 0.706. The van der Waals surface area contributed by atoms with Crippen LogP contribution in [0.3, 0.4) is 0 Å². The number of nitrogens with two attached hydrogens (primary N) is 2. The van der Waals surface area contributed by atoms with Crippen molar-refractivity contribution >= 4 is 25.3 Å². The van der Waals surface area contributed by atoms with Gasteiger partial charge in [0.05, 0.1) is 0 Å². The number of nitrogens with zero attached hydrogens (tertiary/aromatic N) is 2. The fraction of sp³-hybridized carbons (Fsp3) is 1.00. The molecule has 0 aromatic carbocycles. The molecule has 0 fully saturated rings. The maximum atomic E-state index is 5.57. The predicted octanol–water partition coefficient (Wildman–Crippen LogP) is -0.633. The number of thiol groups is 2. The maximum Gasteiger partial charge on any atom is 0.0110 e. The van der Waals surface area contributed by atoms with Gasteiger partial charge in [-0.15, -0.1) is 0 Å². The molecule has 0 aliphatic heterocycles. The zero-order valence-electron chi connectivity index (χ0n) is 10.0. The molecular formula is C10H26N4S2. The highest BCUT2D eigenvalue weighted by atomic mass is 32.1. The average molecular weight is 266 g/mol. The highest BCUT2D eigenvalue weighted by Gasteiger charge is 2.07. The molecule has 0 aliphatic rings. The van der Waals surface area contributed by atoms with Crippen molar-refractivity contribution in [1.29, 1.82) is 0 Å². The van der Waals surface area contributed by atoms with E-state index in [2.05, 4.69) is 35.1 Å². The molecule has 0 unspecified atom stereocenters. The summed E-state index contributed by atoms with van der Waals surface area (Å²) < 4.78 is 0. The smallest absolute Gasteiger partial charge is 0.0110 e. The summed E-state index contributed by atoms with van der Waals surface area (Å²) >= 11 is 8.50. The third-order valence-electron chi connectivity index (χ3n) is 2.46. The van der Waals surface area contributed by atoms with E-state index in [1.807, 2.05) is 0 Å². The van der Waals surface area contributed by atoms with Crippen LogP contribution in [0.15, 0.2) is 0 Å². The van der Waals surface area contributed by atoms with Crippen molar-refractivity contribution in [3.05, 3.63) is 0 Å². The SMILES string of the molecule is NCCN(CCS)CCN(CCN)CCS. The van der Waals surface area contributed by atoms with Crippen LogP contribution in [0.2, 0.25) is 0 Å². The van der Waals surface area contributed by atoms with Crippen LogP contribution in [0.5, 0.6) is 0 Å².